The second-order valence-corrected chi connectivity index (χ2v) is 6.67. The Bertz CT molecular complexity index is 688. The molecule has 2 aromatic rings. The van der Waals surface area contributed by atoms with E-state index in [1.807, 2.05) is 18.2 Å². The second kappa shape index (κ2) is 8.00. The number of halogens is 3. The van der Waals surface area contributed by atoms with Crippen LogP contribution in [0.2, 0.25) is 10.0 Å². The quantitative estimate of drug-likeness (QED) is 0.622. The lowest BCUT2D eigenvalue weighted by molar-refractivity contribution is 0.102. The number of carbonyl (C=O) groups is 1. The molecule has 1 amide bonds. The number of unbranched alkanes of at least 4 members (excludes halogenated alkanes) is 1. The van der Waals surface area contributed by atoms with Crippen molar-refractivity contribution in [2.75, 3.05) is 5.32 Å². The zero-order valence-electron chi connectivity index (χ0n) is 12.1. The van der Waals surface area contributed by atoms with Gasteiger partial charge in [0.25, 0.3) is 5.91 Å². The summed E-state index contributed by atoms with van der Waals surface area (Å²) in [5.41, 5.74) is 2.45. The van der Waals surface area contributed by atoms with Crippen LogP contribution < -0.4 is 5.32 Å². The lowest BCUT2D eigenvalue weighted by Gasteiger charge is -2.10. The zero-order valence-corrected chi connectivity index (χ0v) is 15.2. The van der Waals surface area contributed by atoms with E-state index >= 15 is 0 Å². The summed E-state index contributed by atoms with van der Waals surface area (Å²) in [5.74, 6) is -0.222. The molecule has 0 aliphatic rings. The molecule has 22 heavy (non-hydrogen) atoms. The molecule has 116 valence electrons. The monoisotopic (exact) mass is 399 g/mol. The molecule has 0 fully saturated rings. The van der Waals surface area contributed by atoms with Crippen LogP contribution in [0.25, 0.3) is 0 Å². The molecule has 0 aliphatic carbocycles. The standard InChI is InChI=1S/C17H16BrCl2NO/c1-2-3-4-11-5-8-16(13(18)9-11)21-17(22)12-6-7-14(19)15(20)10-12/h5-10H,2-4H2,1H3,(H,21,22). The van der Waals surface area contributed by atoms with E-state index < -0.39 is 0 Å². The van der Waals surface area contributed by atoms with Crippen molar-refractivity contribution in [3.63, 3.8) is 0 Å². The number of nitrogens with one attached hydrogen (secondary N) is 1. The molecule has 1 N–H and O–H groups in total. The highest BCUT2D eigenvalue weighted by molar-refractivity contribution is 9.10. The van der Waals surface area contributed by atoms with E-state index in [1.165, 1.54) is 5.56 Å². The van der Waals surface area contributed by atoms with Gasteiger partial charge in [0.15, 0.2) is 0 Å². The first kappa shape index (κ1) is 17.3. The van der Waals surface area contributed by atoms with Gasteiger partial charge in [-0.05, 0) is 64.7 Å². The van der Waals surface area contributed by atoms with Gasteiger partial charge in [-0.1, -0.05) is 42.6 Å². The molecular weight excluding hydrogens is 385 g/mol. The Morgan fingerprint density at radius 1 is 1.14 bits per heavy atom. The first-order valence-corrected chi connectivity index (χ1v) is 8.61. The topological polar surface area (TPSA) is 29.1 Å². The average Bonchev–Trinajstić information content (AvgIpc) is 2.50. The number of hydrogen-bond acceptors (Lipinski definition) is 1. The van der Waals surface area contributed by atoms with Gasteiger partial charge in [0.2, 0.25) is 0 Å². The summed E-state index contributed by atoms with van der Waals surface area (Å²) in [6.07, 6.45) is 3.35. The third kappa shape index (κ3) is 4.48. The lowest BCUT2D eigenvalue weighted by atomic mass is 10.1. The number of benzene rings is 2. The normalized spacial score (nSPS) is 10.5. The summed E-state index contributed by atoms with van der Waals surface area (Å²) in [6.45, 7) is 2.17. The van der Waals surface area contributed by atoms with E-state index in [0.29, 0.717) is 15.6 Å². The van der Waals surface area contributed by atoms with Gasteiger partial charge < -0.3 is 5.32 Å². The maximum absolute atomic E-state index is 12.3. The van der Waals surface area contributed by atoms with Crippen LogP contribution >= 0.6 is 39.1 Å². The Hall–Kier alpha value is -1.03. The second-order valence-electron chi connectivity index (χ2n) is 5.00. The Morgan fingerprint density at radius 3 is 2.55 bits per heavy atom. The molecule has 0 radical (unpaired) electrons. The maximum atomic E-state index is 12.3. The molecule has 2 nitrogen and oxygen atoms in total. The molecule has 0 heterocycles. The van der Waals surface area contributed by atoms with Gasteiger partial charge in [0, 0.05) is 10.0 Å². The Balaban J connectivity index is 2.12. The van der Waals surface area contributed by atoms with Gasteiger partial charge >= 0.3 is 0 Å². The fraction of sp³-hybridized carbons (Fsp3) is 0.235. The number of amides is 1. The van der Waals surface area contributed by atoms with Crippen LogP contribution in [0, 0.1) is 0 Å². The summed E-state index contributed by atoms with van der Waals surface area (Å²) in [4.78, 5) is 12.3. The highest BCUT2D eigenvalue weighted by Crippen LogP contribution is 2.26. The number of hydrogen-bond donors (Lipinski definition) is 1. The van der Waals surface area contributed by atoms with Crippen LogP contribution in [0.4, 0.5) is 5.69 Å². The van der Waals surface area contributed by atoms with Crippen molar-refractivity contribution in [3.05, 3.63) is 62.0 Å². The summed E-state index contributed by atoms with van der Waals surface area (Å²) in [6, 6.07) is 10.8. The largest absolute Gasteiger partial charge is 0.321 e. The summed E-state index contributed by atoms with van der Waals surface area (Å²) >= 11 is 15.3. The Kier molecular flexibility index (Phi) is 6.30. The molecule has 2 rings (SSSR count). The van der Waals surface area contributed by atoms with Crippen LogP contribution in [0.1, 0.15) is 35.7 Å². The molecule has 0 aromatic heterocycles. The average molecular weight is 401 g/mol. The minimum Gasteiger partial charge on any atom is -0.321 e. The SMILES string of the molecule is CCCCc1ccc(NC(=O)c2ccc(Cl)c(Cl)c2)c(Br)c1. The lowest BCUT2D eigenvalue weighted by Crippen LogP contribution is -2.12. The van der Waals surface area contributed by atoms with E-state index in [4.69, 9.17) is 23.2 Å². The van der Waals surface area contributed by atoms with Crippen LogP contribution in [0.5, 0.6) is 0 Å². The zero-order chi connectivity index (χ0) is 16.1. The van der Waals surface area contributed by atoms with Gasteiger partial charge in [0.1, 0.15) is 0 Å². The minimum atomic E-state index is -0.222. The van der Waals surface area contributed by atoms with Crippen LogP contribution in [-0.2, 0) is 6.42 Å². The number of rotatable bonds is 5. The van der Waals surface area contributed by atoms with Crippen molar-refractivity contribution in [2.45, 2.75) is 26.2 Å². The van der Waals surface area contributed by atoms with Gasteiger partial charge in [-0.25, -0.2) is 0 Å². The number of carbonyl (C=O) groups excluding carboxylic acids is 1. The molecule has 5 heteroatoms. The Labute approximate surface area is 148 Å². The highest BCUT2D eigenvalue weighted by Gasteiger charge is 2.10. The van der Waals surface area contributed by atoms with Crippen LogP contribution in [0.15, 0.2) is 40.9 Å². The van der Waals surface area contributed by atoms with E-state index in [-0.39, 0.29) is 5.91 Å². The number of anilines is 1. The predicted octanol–water partition coefficient (Wildman–Crippen LogP) is 6.35. The van der Waals surface area contributed by atoms with Crippen molar-refractivity contribution >= 4 is 50.7 Å². The summed E-state index contributed by atoms with van der Waals surface area (Å²) < 4.78 is 0.870. The first-order valence-electron chi connectivity index (χ1n) is 7.06. The highest BCUT2D eigenvalue weighted by atomic mass is 79.9. The summed E-state index contributed by atoms with van der Waals surface area (Å²) in [7, 11) is 0. The van der Waals surface area contributed by atoms with Crippen molar-refractivity contribution in [1.82, 2.24) is 0 Å². The van der Waals surface area contributed by atoms with Gasteiger partial charge in [0.05, 0.1) is 15.7 Å². The first-order chi connectivity index (χ1) is 10.5. The smallest absolute Gasteiger partial charge is 0.255 e. The van der Waals surface area contributed by atoms with Crippen molar-refractivity contribution in [1.29, 1.82) is 0 Å². The fourth-order valence-corrected chi connectivity index (χ4v) is 2.85. The van der Waals surface area contributed by atoms with Gasteiger partial charge in [-0.15, -0.1) is 0 Å². The fourth-order valence-electron chi connectivity index (χ4n) is 2.03. The number of aryl methyl sites for hydroxylation is 1. The third-order valence-corrected chi connectivity index (χ3v) is 4.68. The van der Waals surface area contributed by atoms with E-state index in [2.05, 4.69) is 28.2 Å². The van der Waals surface area contributed by atoms with E-state index in [9.17, 15) is 4.79 Å². The van der Waals surface area contributed by atoms with E-state index in [1.54, 1.807) is 18.2 Å². The molecule has 0 saturated carbocycles. The molecule has 0 unspecified atom stereocenters. The van der Waals surface area contributed by atoms with Crippen molar-refractivity contribution < 1.29 is 4.79 Å². The summed E-state index contributed by atoms with van der Waals surface area (Å²) in [5, 5.41) is 3.66. The molecule has 0 saturated heterocycles. The molecule has 0 atom stereocenters. The maximum Gasteiger partial charge on any atom is 0.255 e. The molecule has 0 spiro atoms. The third-order valence-electron chi connectivity index (χ3n) is 3.28. The molecular formula is C17H16BrCl2NO. The molecule has 2 aromatic carbocycles. The van der Waals surface area contributed by atoms with Gasteiger partial charge in [-0.2, -0.15) is 0 Å². The van der Waals surface area contributed by atoms with E-state index in [0.717, 1.165) is 29.4 Å². The predicted molar refractivity (Wildman–Crippen MR) is 97.2 cm³/mol. The minimum absolute atomic E-state index is 0.222. The van der Waals surface area contributed by atoms with Crippen LogP contribution in [-0.4, -0.2) is 5.91 Å². The Morgan fingerprint density at radius 2 is 1.91 bits per heavy atom. The van der Waals surface area contributed by atoms with Gasteiger partial charge in [-0.3, -0.25) is 4.79 Å². The molecule has 0 aliphatic heterocycles. The van der Waals surface area contributed by atoms with Crippen molar-refractivity contribution in [3.8, 4) is 0 Å². The molecule has 0 bridgehead atoms. The van der Waals surface area contributed by atoms with Crippen molar-refractivity contribution in [2.24, 2.45) is 0 Å². The van der Waals surface area contributed by atoms with Crippen LogP contribution in [0.3, 0.4) is 0 Å².